The quantitative estimate of drug-likeness (QED) is 0.852. The minimum absolute atomic E-state index is 0.397. The molecule has 1 N–H and O–H groups in total. The molecule has 1 amide bonds. The van der Waals surface area contributed by atoms with Gasteiger partial charge in [0.1, 0.15) is 5.25 Å². The van der Waals surface area contributed by atoms with Crippen molar-refractivity contribution < 1.29 is 13.2 Å². The van der Waals surface area contributed by atoms with E-state index in [1.807, 2.05) is 0 Å². The van der Waals surface area contributed by atoms with E-state index in [1.165, 1.54) is 6.92 Å². The van der Waals surface area contributed by atoms with Crippen LogP contribution in [0.1, 0.15) is 12.5 Å². The average molecular weight is 276 g/mol. The van der Waals surface area contributed by atoms with Crippen LogP contribution < -0.4 is 5.32 Å². The van der Waals surface area contributed by atoms with Crippen molar-refractivity contribution in [3.05, 3.63) is 29.8 Å². The van der Waals surface area contributed by atoms with Crippen molar-refractivity contribution >= 4 is 33.0 Å². The Bertz CT molecular complexity index is 496. The van der Waals surface area contributed by atoms with Crippen LogP contribution in [0.4, 0.5) is 5.69 Å². The molecule has 17 heavy (non-hydrogen) atoms. The molecule has 0 saturated heterocycles. The van der Waals surface area contributed by atoms with Crippen molar-refractivity contribution in [3.63, 3.8) is 0 Å². The summed E-state index contributed by atoms with van der Waals surface area (Å²) in [6.07, 6.45) is 1.04. The fourth-order valence-corrected chi connectivity index (χ4v) is 1.74. The molecular formula is C11H14ClNO3S. The van der Waals surface area contributed by atoms with Gasteiger partial charge in [-0.2, -0.15) is 0 Å². The van der Waals surface area contributed by atoms with Crippen LogP contribution in [0.3, 0.4) is 0 Å². The SMILES string of the molecule is CC(C(=O)Nc1ccc(CCl)cc1)S(C)(=O)=O. The van der Waals surface area contributed by atoms with Gasteiger partial charge in [0.05, 0.1) is 0 Å². The third-order valence-electron chi connectivity index (χ3n) is 2.39. The standard InChI is InChI=1S/C11H14ClNO3S/c1-8(17(2,15)16)11(14)13-10-5-3-9(7-12)4-6-10/h3-6,8H,7H2,1-2H3,(H,13,14). The molecule has 0 fully saturated rings. The Kier molecular flexibility index (Phi) is 4.54. The second kappa shape index (κ2) is 5.51. The molecule has 0 aromatic heterocycles. The van der Waals surface area contributed by atoms with Gasteiger partial charge in [0.25, 0.3) is 0 Å². The Morgan fingerprint density at radius 3 is 2.29 bits per heavy atom. The number of anilines is 1. The molecule has 0 aliphatic carbocycles. The Morgan fingerprint density at radius 1 is 1.35 bits per heavy atom. The molecule has 0 heterocycles. The summed E-state index contributed by atoms with van der Waals surface area (Å²) in [5.41, 5.74) is 1.49. The molecule has 0 bridgehead atoms. The van der Waals surface area contributed by atoms with E-state index in [2.05, 4.69) is 5.32 Å². The molecular weight excluding hydrogens is 262 g/mol. The van der Waals surface area contributed by atoms with Gasteiger partial charge in [-0.05, 0) is 24.6 Å². The molecule has 94 valence electrons. The highest BCUT2D eigenvalue weighted by Crippen LogP contribution is 2.12. The van der Waals surface area contributed by atoms with E-state index in [0.29, 0.717) is 11.6 Å². The number of hydrogen-bond acceptors (Lipinski definition) is 3. The summed E-state index contributed by atoms with van der Waals surface area (Å²) in [6.45, 7) is 1.36. The first kappa shape index (κ1) is 14.0. The van der Waals surface area contributed by atoms with Gasteiger partial charge in [0, 0.05) is 17.8 Å². The zero-order valence-corrected chi connectivity index (χ0v) is 11.2. The minimum Gasteiger partial charge on any atom is -0.325 e. The molecule has 1 aromatic rings. The first-order valence-corrected chi connectivity index (χ1v) is 7.48. The van der Waals surface area contributed by atoms with Gasteiger partial charge in [-0.15, -0.1) is 11.6 Å². The molecule has 0 aliphatic heterocycles. The third-order valence-corrected chi connectivity index (χ3v) is 4.19. The van der Waals surface area contributed by atoms with E-state index in [9.17, 15) is 13.2 Å². The number of carbonyl (C=O) groups is 1. The highest BCUT2D eigenvalue weighted by Gasteiger charge is 2.23. The highest BCUT2D eigenvalue weighted by molar-refractivity contribution is 7.92. The van der Waals surface area contributed by atoms with Crippen molar-refractivity contribution in [3.8, 4) is 0 Å². The second-order valence-electron chi connectivity index (χ2n) is 3.79. The summed E-state index contributed by atoms with van der Waals surface area (Å²) >= 11 is 5.63. The van der Waals surface area contributed by atoms with E-state index in [1.54, 1.807) is 24.3 Å². The number of halogens is 1. The molecule has 4 nitrogen and oxygen atoms in total. The smallest absolute Gasteiger partial charge is 0.242 e. The first-order chi connectivity index (χ1) is 7.84. The molecule has 0 saturated carbocycles. The lowest BCUT2D eigenvalue weighted by molar-refractivity contribution is -0.115. The zero-order chi connectivity index (χ0) is 13.1. The summed E-state index contributed by atoms with van der Waals surface area (Å²) in [4.78, 5) is 11.6. The van der Waals surface area contributed by atoms with E-state index in [-0.39, 0.29) is 0 Å². The van der Waals surface area contributed by atoms with Crippen molar-refractivity contribution in [1.82, 2.24) is 0 Å². The summed E-state index contributed by atoms with van der Waals surface area (Å²) < 4.78 is 22.4. The predicted molar refractivity (Wildman–Crippen MR) is 68.9 cm³/mol. The van der Waals surface area contributed by atoms with Gasteiger partial charge >= 0.3 is 0 Å². The number of nitrogens with one attached hydrogen (secondary N) is 1. The van der Waals surface area contributed by atoms with E-state index in [4.69, 9.17) is 11.6 Å². The topological polar surface area (TPSA) is 63.2 Å². The zero-order valence-electron chi connectivity index (χ0n) is 9.60. The van der Waals surface area contributed by atoms with Crippen LogP contribution in [0.2, 0.25) is 0 Å². The number of benzene rings is 1. The van der Waals surface area contributed by atoms with E-state index in [0.717, 1.165) is 11.8 Å². The molecule has 1 unspecified atom stereocenters. The Balaban J connectivity index is 2.74. The summed E-state index contributed by atoms with van der Waals surface area (Å²) in [6, 6.07) is 6.91. The van der Waals surface area contributed by atoms with E-state index >= 15 is 0 Å². The maximum Gasteiger partial charge on any atom is 0.242 e. The Labute approximate surface area is 106 Å². The van der Waals surface area contributed by atoms with E-state index < -0.39 is 21.0 Å². The number of alkyl halides is 1. The number of hydrogen-bond donors (Lipinski definition) is 1. The molecule has 0 aliphatic rings. The van der Waals surface area contributed by atoms with Gasteiger partial charge in [-0.25, -0.2) is 8.42 Å². The van der Waals surface area contributed by atoms with Gasteiger partial charge in [0.15, 0.2) is 9.84 Å². The van der Waals surface area contributed by atoms with Gasteiger partial charge in [0.2, 0.25) is 5.91 Å². The Morgan fingerprint density at radius 2 is 1.88 bits per heavy atom. The van der Waals surface area contributed by atoms with Crippen LogP contribution in [0.15, 0.2) is 24.3 Å². The Hall–Kier alpha value is -1.07. The normalized spacial score (nSPS) is 13.1. The van der Waals surface area contributed by atoms with Crippen LogP contribution in [0, 0.1) is 0 Å². The molecule has 0 radical (unpaired) electrons. The monoisotopic (exact) mass is 275 g/mol. The molecule has 1 atom stereocenters. The van der Waals surface area contributed by atoms with Crippen LogP contribution in [0.5, 0.6) is 0 Å². The number of carbonyl (C=O) groups excluding carboxylic acids is 1. The summed E-state index contributed by atoms with van der Waals surface area (Å²) in [5.74, 6) is -0.139. The van der Waals surface area contributed by atoms with Crippen LogP contribution >= 0.6 is 11.6 Å². The van der Waals surface area contributed by atoms with Crippen molar-refractivity contribution in [1.29, 1.82) is 0 Å². The highest BCUT2D eigenvalue weighted by atomic mass is 35.5. The first-order valence-electron chi connectivity index (χ1n) is 4.99. The van der Waals surface area contributed by atoms with Gasteiger partial charge in [-0.3, -0.25) is 4.79 Å². The second-order valence-corrected chi connectivity index (χ2v) is 6.42. The summed E-state index contributed by atoms with van der Waals surface area (Å²) in [7, 11) is -3.37. The number of rotatable bonds is 4. The number of amides is 1. The predicted octanol–water partition coefficient (Wildman–Crippen LogP) is 1.80. The fourth-order valence-electron chi connectivity index (χ4n) is 1.12. The minimum atomic E-state index is -3.37. The molecule has 1 aromatic carbocycles. The van der Waals surface area contributed by atoms with Gasteiger partial charge in [-0.1, -0.05) is 12.1 Å². The average Bonchev–Trinajstić information content (AvgIpc) is 2.27. The maximum atomic E-state index is 11.6. The molecule has 6 heteroatoms. The molecule has 1 rings (SSSR count). The fraction of sp³-hybridized carbons (Fsp3) is 0.364. The molecule has 0 spiro atoms. The van der Waals surface area contributed by atoms with Crippen LogP contribution in [0.25, 0.3) is 0 Å². The van der Waals surface area contributed by atoms with Crippen molar-refractivity contribution in [2.24, 2.45) is 0 Å². The lowest BCUT2D eigenvalue weighted by Gasteiger charge is -2.10. The van der Waals surface area contributed by atoms with Crippen molar-refractivity contribution in [2.75, 3.05) is 11.6 Å². The lowest BCUT2D eigenvalue weighted by atomic mass is 10.2. The third kappa shape index (κ3) is 4.02. The summed E-state index contributed by atoms with van der Waals surface area (Å²) in [5, 5.41) is 1.48. The van der Waals surface area contributed by atoms with Crippen LogP contribution in [-0.2, 0) is 20.5 Å². The lowest BCUT2D eigenvalue weighted by Crippen LogP contribution is -2.31. The maximum absolute atomic E-state index is 11.6. The van der Waals surface area contributed by atoms with Crippen LogP contribution in [-0.4, -0.2) is 25.8 Å². The van der Waals surface area contributed by atoms with Crippen molar-refractivity contribution in [2.45, 2.75) is 18.1 Å². The number of sulfone groups is 1. The largest absolute Gasteiger partial charge is 0.325 e. The van der Waals surface area contributed by atoms with Gasteiger partial charge < -0.3 is 5.32 Å².